The molecule has 2 rings (SSSR count). The van der Waals surface area contributed by atoms with Crippen molar-refractivity contribution in [2.45, 2.75) is 39.7 Å². The summed E-state index contributed by atoms with van der Waals surface area (Å²) in [5.41, 5.74) is 9.63. The maximum atomic E-state index is 12.2. The molecule has 1 aliphatic rings. The van der Waals surface area contributed by atoms with E-state index >= 15 is 0 Å². The second kappa shape index (κ2) is 4.97. The van der Waals surface area contributed by atoms with Crippen molar-refractivity contribution in [1.29, 1.82) is 0 Å². The van der Waals surface area contributed by atoms with Crippen LogP contribution in [0.25, 0.3) is 0 Å². The predicted octanol–water partition coefficient (Wildman–Crippen LogP) is 2.04. The van der Waals surface area contributed by atoms with Gasteiger partial charge >= 0.3 is 0 Å². The third kappa shape index (κ3) is 2.81. The Morgan fingerprint density at radius 1 is 1.32 bits per heavy atom. The van der Waals surface area contributed by atoms with E-state index in [1.54, 1.807) is 0 Å². The van der Waals surface area contributed by atoms with E-state index in [0.29, 0.717) is 25.4 Å². The van der Waals surface area contributed by atoms with Gasteiger partial charge in [-0.1, -0.05) is 32.0 Å². The maximum absolute atomic E-state index is 12.2. The number of carbonyl (C=O) groups is 1. The lowest BCUT2D eigenvalue weighted by atomic mass is 9.80. The lowest BCUT2D eigenvalue weighted by molar-refractivity contribution is -0.139. The van der Waals surface area contributed by atoms with Gasteiger partial charge in [-0.3, -0.25) is 4.79 Å². The van der Waals surface area contributed by atoms with E-state index in [0.717, 1.165) is 5.56 Å². The van der Waals surface area contributed by atoms with Crippen LogP contribution < -0.4 is 5.73 Å². The predicted molar refractivity (Wildman–Crippen MR) is 78.0 cm³/mol. The summed E-state index contributed by atoms with van der Waals surface area (Å²) in [7, 11) is 0. The highest BCUT2D eigenvalue weighted by molar-refractivity contribution is 5.80. The molecule has 1 aliphatic heterocycles. The third-order valence-corrected chi connectivity index (χ3v) is 4.40. The van der Waals surface area contributed by atoms with E-state index in [4.69, 9.17) is 5.73 Å². The Bertz CT molecular complexity index is 488. The minimum absolute atomic E-state index is 0.182. The van der Waals surface area contributed by atoms with Gasteiger partial charge in [0.1, 0.15) is 0 Å². The largest absolute Gasteiger partial charge is 0.339 e. The van der Waals surface area contributed by atoms with E-state index < -0.39 is 0 Å². The molecule has 19 heavy (non-hydrogen) atoms. The fourth-order valence-electron chi connectivity index (χ4n) is 2.41. The molecule has 0 aliphatic carbocycles. The molecule has 1 heterocycles. The van der Waals surface area contributed by atoms with Crippen LogP contribution >= 0.6 is 0 Å². The molecule has 1 aromatic rings. The lowest BCUT2D eigenvalue weighted by Gasteiger charge is -2.50. The Morgan fingerprint density at radius 2 is 1.95 bits per heavy atom. The van der Waals surface area contributed by atoms with Crippen molar-refractivity contribution in [3.8, 4) is 0 Å². The zero-order valence-electron chi connectivity index (χ0n) is 12.4. The lowest BCUT2D eigenvalue weighted by Crippen LogP contribution is -2.71. The van der Waals surface area contributed by atoms with Gasteiger partial charge in [0.05, 0.1) is 12.0 Å². The second-order valence-electron chi connectivity index (χ2n) is 6.23. The molecule has 1 aromatic carbocycles. The smallest absolute Gasteiger partial charge is 0.227 e. The molecular formula is C16H24N2O. The van der Waals surface area contributed by atoms with Gasteiger partial charge in [-0.15, -0.1) is 0 Å². The van der Waals surface area contributed by atoms with E-state index in [9.17, 15) is 4.79 Å². The van der Waals surface area contributed by atoms with Gasteiger partial charge in [-0.25, -0.2) is 0 Å². The van der Waals surface area contributed by atoms with E-state index in [2.05, 4.69) is 39.8 Å². The molecule has 1 fully saturated rings. The number of aryl methyl sites for hydroxylation is 2. The fraction of sp³-hybridized carbons (Fsp3) is 0.562. The Kier molecular flexibility index (Phi) is 3.68. The first kappa shape index (κ1) is 14.1. The zero-order chi connectivity index (χ0) is 14.2. The highest BCUT2D eigenvalue weighted by Crippen LogP contribution is 2.26. The van der Waals surface area contributed by atoms with Crippen molar-refractivity contribution >= 4 is 5.91 Å². The number of amides is 1. The van der Waals surface area contributed by atoms with Crippen LogP contribution in [-0.4, -0.2) is 29.4 Å². The normalized spacial score (nSPS) is 17.5. The molecule has 0 unspecified atom stereocenters. The summed E-state index contributed by atoms with van der Waals surface area (Å²) in [4.78, 5) is 14.0. The summed E-state index contributed by atoms with van der Waals surface area (Å²) in [6, 6.07) is 6.22. The third-order valence-electron chi connectivity index (χ3n) is 4.40. The molecule has 104 valence electrons. The van der Waals surface area contributed by atoms with Crippen molar-refractivity contribution in [2.75, 3.05) is 13.1 Å². The first-order chi connectivity index (χ1) is 8.82. The summed E-state index contributed by atoms with van der Waals surface area (Å²) >= 11 is 0. The van der Waals surface area contributed by atoms with E-state index in [1.165, 1.54) is 11.1 Å². The monoisotopic (exact) mass is 260 g/mol. The zero-order valence-corrected chi connectivity index (χ0v) is 12.4. The number of benzene rings is 1. The maximum Gasteiger partial charge on any atom is 0.227 e. The molecule has 0 aromatic heterocycles. The van der Waals surface area contributed by atoms with E-state index in [-0.39, 0.29) is 11.4 Å². The summed E-state index contributed by atoms with van der Waals surface area (Å²) in [5.74, 6) is 0.600. The Hall–Kier alpha value is -1.35. The number of likely N-dealkylation sites (tertiary alicyclic amines) is 1. The van der Waals surface area contributed by atoms with Gasteiger partial charge in [0, 0.05) is 13.1 Å². The molecule has 2 N–H and O–H groups in total. The van der Waals surface area contributed by atoms with Crippen LogP contribution in [0.5, 0.6) is 0 Å². The van der Waals surface area contributed by atoms with Crippen molar-refractivity contribution in [3.63, 3.8) is 0 Å². The van der Waals surface area contributed by atoms with Crippen LogP contribution in [0.2, 0.25) is 0 Å². The number of nitrogens with two attached hydrogens (primary N) is 1. The van der Waals surface area contributed by atoms with E-state index in [1.807, 2.05) is 11.0 Å². The highest BCUT2D eigenvalue weighted by Gasteiger charge is 2.43. The number of rotatable bonds is 3. The Balaban J connectivity index is 1.94. The molecule has 0 bridgehead atoms. The number of carbonyl (C=O) groups excluding carboxylic acids is 1. The van der Waals surface area contributed by atoms with Crippen LogP contribution in [0.4, 0.5) is 0 Å². The molecule has 1 saturated heterocycles. The van der Waals surface area contributed by atoms with Gasteiger partial charge in [0.2, 0.25) is 5.91 Å². The molecule has 1 amide bonds. The number of hydrogen-bond donors (Lipinski definition) is 1. The highest BCUT2D eigenvalue weighted by atomic mass is 16.2. The number of nitrogens with zero attached hydrogens (tertiary/aromatic N) is 1. The molecule has 3 heteroatoms. The Labute approximate surface area is 115 Å². The van der Waals surface area contributed by atoms with Crippen LogP contribution in [0.15, 0.2) is 18.2 Å². The van der Waals surface area contributed by atoms with Crippen molar-refractivity contribution in [2.24, 2.45) is 11.7 Å². The number of hydrogen-bond acceptors (Lipinski definition) is 2. The van der Waals surface area contributed by atoms with Gasteiger partial charge in [0.15, 0.2) is 0 Å². The topological polar surface area (TPSA) is 46.3 Å². The van der Waals surface area contributed by atoms with Crippen molar-refractivity contribution in [3.05, 3.63) is 34.9 Å². The summed E-state index contributed by atoms with van der Waals surface area (Å²) in [6.07, 6.45) is 0.481. The van der Waals surface area contributed by atoms with Crippen LogP contribution in [-0.2, 0) is 11.2 Å². The summed E-state index contributed by atoms with van der Waals surface area (Å²) in [5, 5.41) is 0. The van der Waals surface area contributed by atoms with Gasteiger partial charge in [-0.05, 0) is 36.5 Å². The Morgan fingerprint density at radius 3 is 2.47 bits per heavy atom. The van der Waals surface area contributed by atoms with Crippen LogP contribution in [0, 0.1) is 19.8 Å². The average Bonchev–Trinajstić information content (AvgIpc) is 2.29. The molecule has 0 saturated carbocycles. The quantitative estimate of drug-likeness (QED) is 0.904. The summed E-state index contributed by atoms with van der Waals surface area (Å²) in [6.45, 7) is 9.78. The standard InChI is InChI=1S/C16H24N2O/c1-11(2)16(17)9-18(10-16)15(19)8-14-6-5-12(3)13(4)7-14/h5-7,11H,8-10,17H2,1-4H3. The minimum atomic E-state index is -0.182. The molecule has 0 atom stereocenters. The SMILES string of the molecule is Cc1ccc(CC(=O)N2CC(N)(C(C)C)C2)cc1C. The summed E-state index contributed by atoms with van der Waals surface area (Å²) < 4.78 is 0. The van der Waals surface area contributed by atoms with Crippen molar-refractivity contribution in [1.82, 2.24) is 4.90 Å². The first-order valence-corrected chi connectivity index (χ1v) is 6.94. The van der Waals surface area contributed by atoms with Crippen LogP contribution in [0.1, 0.15) is 30.5 Å². The van der Waals surface area contributed by atoms with Crippen LogP contribution in [0.3, 0.4) is 0 Å². The fourth-order valence-corrected chi connectivity index (χ4v) is 2.41. The average molecular weight is 260 g/mol. The van der Waals surface area contributed by atoms with Gasteiger partial charge in [-0.2, -0.15) is 0 Å². The van der Waals surface area contributed by atoms with Gasteiger partial charge < -0.3 is 10.6 Å². The molecule has 3 nitrogen and oxygen atoms in total. The second-order valence-corrected chi connectivity index (χ2v) is 6.23. The van der Waals surface area contributed by atoms with Gasteiger partial charge in [0.25, 0.3) is 0 Å². The first-order valence-electron chi connectivity index (χ1n) is 6.94. The molecule has 0 spiro atoms. The minimum Gasteiger partial charge on any atom is -0.339 e. The van der Waals surface area contributed by atoms with Crippen molar-refractivity contribution < 1.29 is 4.79 Å². The molecular weight excluding hydrogens is 236 g/mol. The molecule has 0 radical (unpaired) electrons.